The molecule has 0 amide bonds. The summed E-state index contributed by atoms with van der Waals surface area (Å²) >= 11 is 1.76. The summed E-state index contributed by atoms with van der Waals surface area (Å²) in [6.45, 7) is 0.547. The normalized spacial score (nSPS) is 43.2. The number of nitrogens with two attached hydrogens (primary N) is 1. The highest BCUT2D eigenvalue weighted by Gasteiger charge is 2.49. The summed E-state index contributed by atoms with van der Waals surface area (Å²) in [7, 11) is 0. The minimum Gasteiger partial charge on any atom is -0.324 e. The molecule has 0 radical (unpaired) electrons. The second-order valence-corrected chi connectivity index (χ2v) is 7.29. The topological polar surface area (TPSA) is 51.8 Å². The molecule has 0 aliphatic heterocycles. The Hall–Kier alpha value is -0.480. The van der Waals surface area contributed by atoms with E-state index >= 15 is 0 Å². The Balaban J connectivity index is 1.65. The molecule has 5 rings (SSSR count). The van der Waals surface area contributed by atoms with Crippen LogP contribution in [-0.4, -0.2) is 10.2 Å². The van der Waals surface area contributed by atoms with E-state index in [9.17, 15) is 0 Å². The van der Waals surface area contributed by atoms with E-state index in [0.29, 0.717) is 6.54 Å². The first-order chi connectivity index (χ1) is 8.33. The van der Waals surface area contributed by atoms with Gasteiger partial charge in [-0.05, 0) is 55.8 Å². The quantitative estimate of drug-likeness (QED) is 0.876. The van der Waals surface area contributed by atoms with Gasteiger partial charge < -0.3 is 5.73 Å². The summed E-state index contributed by atoms with van der Waals surface area (Å²) in [5.41, 5.74) is 5.65. The van der Waals surface area contributed by atoms with Crippen molar-refractivity contribution in [2.24, 2.45) is 29.4 Å². The van der Waals surface area contributed by atoms with Crippen LogP contribution >= 0.6 is 11.3 Å². The van der Waals surface area contributed by atoms with Crippen molar-refractivity contribution in [3.05, 3.63) is 10.0 Å². The summed E-state index contributed by atoms with van der Waals surface area (Å²) in [4.78, 5) is 0. The van der Waals surface area contributed by atoms with Crippen LogP contribution in [0.3, 0.4) is 0 Å². The molecule has 2 N–H and O–H groups in total. The molecule has 4 saturated carbocycles. The van der Waals surface area contributed by atoms with Gasteiger partial charge in [-0.15, -0.1) is 10.2 Å². The largest absolute Gasteiger partial charge is 0.324 e. The third-order valence-corrected chi connectivity index (χ3v) is 6.22. The molecule has 4 heteroatoms. The van der Waals surface area contributed by atoms with Gasteiger partial charge in [-0.3, -0.25) is 0 Å². The van der Waals surface area contributed by atoms with E-state index in [1.165, 1.54) is 37.1 Å². The van der Waals surface area contributed by atoms with E-state index in [4.69, 9.17) is 5.73 Å². The van der Waals surface area contributed by atoms with Crippen LogP contribution in [0.1, 0.15) is 48.0 Å². The molecule has 0 saturated heterocycles. The first-order valence-corrected chi connectivity index (χ1v) is 7.67. The zero-order chi connectivity index (χ0) is 11.4. The van der Waals surface area contributed by atoms with Gasteiger partial charge in [0, 0.05) is 12.5 Å². The zero-order valence-electron chi connectivity index (χ0n) is 10.0. The number of hydrogen-bond acceptors (Lipinski definition) is 4. The lowest BCUT2D eigenvalue weighted by Crippen LogP contribution is -2.43. The summed E-state index contributed by atoms with van der Waals surface area (Å²) < 4.78 is 0. The number of aromatic nitrogens is 2. The Labute approximate surface area is 106 Å². The first kappa shape index (κ1) is 10.4. The molecule has 4 aliphatic rings. The number of hydrogen-bond donors (Lipinski definition) is 1. The van der Waals surface area contributed by atoms with Crippen LogP contribution in [0.4, 0.5) is 0 Å². The van der Waals surface area contributed by atoms with Crippen molar-refractivity contribution in [3.63, 3.8) is 0 Å². The molecule has 3 nitrogen and oxygen atoms in total. The van der Waals surface area contributed by atoms with Crippen LogP contribution in [0.2, 0.25) is 0 Å². The predicted molar refractivity (Wildman–Crippen MR) is 67.6 cm³/mol. The molecular formula is C13H19N3S. The van der Waals surface area contributed by atoms with E-state index in [0.717, 1.165) is 34.6 Å². The second kappa shape index (κ2) is 3.75. The van der Waals surface area contributed by atoms with Gasteiger partial charge in [0.25, 0.3) is 0 Å². The van der Waals surface area contributed by atoms with E-state index in [2.05, 4.69) is 10.2 Å². The van der Waals surface area contributed by atoms with E-state index in [-0.39, 0.29) is 0 Å². The standard InChI is InChI=1S/C13H19N3S/c14-6-11-15-16-13(17-11)12-9-2-7-1-8(4-9)5-10(12)3-7/h7-10,12H,1-6,14H2. The molecule has 0 atom stereocenters. The maximum atomic E-state index is 5.65. The smallest absolute Gasteiger partial charge is 0.131 e. The van der Waals surface area contributed by atoms with E-state index in [1.807, 2.05) is 0 Å². The third-order valence-electron chi connectivity index (χ3n) is 5.17. The van der Waals surface area contributed by atoms with Crippen molar-refractivity contribution in [1.29, 1.82) is 0 Å². The van der Waals surface area contributed by atoms with Gasteiger partial charge >= 0.3 is 0 Å². The van der Waals surface area contributed by atoms with Crippen molar-refractivity contribution in [2.75, 3.05) is 0 Å². The Bertz CT molecular complexity index is 400. The fraction of sp³-hybridized carbons (Fsp3) is 0.846. The van der Waals surface area contributed by atoms with Crippen molar-refractivity contribution in [1.82, 2.24) is 10.2 Å². The Morgan fingerprint density at radius 1 is 1.00 bits per heavy atom. The fourth-order valence-electron chi connectivity index (χ4n) is 4.81. The lowest BCUT2D eigenvalue weighted by molar-refractivity contribution is -0.00303. The zero-order valence-corrected chi connectivity index (χ0v) is 10.8. The molecule has 4 bridgehead atoms. The SMILES string of the molecule is NCc1nnc(C2C3CC4CC(C3)CC2C4)s1. The average molecular weight is 249 g/mol. The Morgan fingerprint density at radius 3 is 2.18 bits per heavy atom. The lowest BCUT2D eigenvalue weighted by atomic mass is 9.52. The van der Waals surface area contributed by atoms with E-state index < -0.39 is 0 Å². The Morgan fingerprint density at radius 2 is 1.65 bits per heavy atom. The highest BCUT2D eigenvalue weighted by molar-refractivity contribution is 7.11. The highest BCUT2D eigenvalue weighted by atomic mass is 32.1. The summed E-state index contributed by atoms with van der Waals surface area (Å²) in [6.07, 6.45) is 7.33. The molecule has 1 aromatic heterocycles. The first-order valence-electron chi connectivity index (χ1n) is 6.86. The molecule has 0 aromatic carbocycles. The highest BCUT2D eigenvalue weighted by Crippen LogP contribution is 2.59. The summed E-state index contributed by atoms with van der Waals surface area (Å²) in [5, 5.41) is 10.9. The van der Waals surface area contributed by atoms with Gasteiger partial charge in [-0.2, -0.15) is 0 Å². The molecule has 4 fully saturated rings. The number of nitrogens with zero attached hydrogens (tertiary/aromatic N) is 2. The van der Waals surface area contributed by atoms with Gasteiger partial charge in [0.15, 0.2) is 0 Å². The summed E-state index contributed by atoms with van der Waals surface area (Å²) in [5.74, 6) is 4.61. The third kappa shape index (κ3) is 1.57. The molecule has 17 heavy (non-hydrogen) atoms. The fourth-order valence-corrected chi connectivity index (χ4v) is 5.82. The van der Waals surface area contributed by atoms with Crippen molar-refractivity contribution in [2.45, 2.75) is 44.6 Å². The van der Waals surface area contributed by atoms with Crippen molar-refractivity contribution >= 4 is 11.3 Å². The van der Waals surface area contributed by atoms with Gasteiger partial charge in [0.2, 0.25) is 0 Å². The molecule has 1 heterocycles. The molecule has 1 aromatic rings. The number of rotatable bonds is 2. The minimum absolute atomic E-state index is 0.547. The van der Waals surface area contributed by atoms with Crippen LogP contribution in [0.25, 0.3) is 0 Å². The average Bonchev–Trinajstić information content (AvgIpc) is 2.76. The van der Waals surface area contributed by atoms with Crippen LogP contribution in [-0.2, 0) is 6.54 Å². The van der Waals surface area contributed by atoms with Gasteiger partial charge in [0.05, 0.1) is 0 Å². The minimum atomic E-state index is 0.547. The molecule has 4 aliphatic carbocycles. The van der Waals surface area contributed by atoms with Crippen LogP contribution < -0.4 is 5.73 Å². The Kier molecular flexibility index (Phi) is 2.31. The molecular weight excluding hydrogens is 230 g/mol. The molecule has 0 unspecified atom stereocenters. The molecule has 0 spiro atoms. The predicted octanol–water partition coefficient (Wildman–Crippen LogP) is 2.54. The van der Waals surface area contributed by atoms with Gasteiger partial charge in [-0.25, -0.2) is 0 Å². The summed E-state index contributed by atoms with van der Waals surface area (Å²) in [6, 6.07) is 0. The van der Waals surface area contributed by atoms with Crippen LogP contribution in [0, 0.1) is 23.7 Å². The molecule has 92 valence electrons. The van der Waals surface area contributed by atoms with Crippen molar-refractivity contribution < 1.29 is 0 Å². The van der Waals surface area contributed by atoms with Crippen LogP contribution in [0.15, 0.2) is 0 Å². The van der Waals surface area contributed by atoms with Gasteiger partial charge in [0.1, 0.15) is 10.0 Å². The maximum Gasteiger partial charge on any atom is 0.131 e. The van der Waals surface area contributed by atoms with Crippen LogP contribution in [0.5, 0.6) is 0 Å². The monoisotopic (exact) mass is 249 g/mol. The van der Waals surface area contributed by atoms with Crippen molar-refractivity contribution in [3.8, 4) is 0 Å². The maximum absolute atomic E-state index is 5.65. The lowest BCUT2D eigenvalue weighted by Gasteiger charge is -2.53. The van der Waals surface area contributed by atoms with E-state index in [1.54, 1.807) is 11.3 Å². The second-order valence-electron chi connectivity index (χ2n) is 6.19. The van der Waals surface area contributed by atoms with Gasteiger partial charge in [-0.1, -0.05) is 11.3 Å².